The van der Waals surface area contributed by atoms with Crippen molar-refractivity contribution in [1.29, 1.82) is 0 Å². The molecule has 2 N–H and O–H groups in total. The Morgan fingerprint density at radius 1 is 1.50 bits per heavy atom. The molecule has 0 radical (unpaired) electrons. The van der Waals surface area contributed by atoms with E-state index >= 15 is 0 Å². The lowest BCUT2D eigenvalue weighted by Crippen LogP contribution is -2.13. The molecule has 0 aliphatic rings. The summed E-state index contributed by atoms with van der Waals surface area (Å²) in [4.78, 5) is 0. The highest BCUT2D eigenvalue weighted by molar-refractivity contribution is 9.10. The van der Waals surface area contributed by atoms with Crippen molar-refractivity contribution in [2.24, 2.45) is 5.73 Å². The van der Waals surface area contributed by atoms with E-state index in [2.05, 4.69) is 28.0 Å². The van der Waals surface area contributed by atoms with Gasteiger partial charge in [-0.05, 0) is 18.6 Å². The van der Waals surface area contributed by atoms with E-state index in [0.29, 0.717) is 10.0 Å². The van der Waals surface area contributed by atoms with Gasteiger partial charge in [-0.1, -0.05) is 28.9 Å². The Morgan fingerprint density at radius 3 is 2.94 bits per heavy atom. The normalized spacial score (nSPS) is 12.7. The summed E-state index contributed by atoms with van der Waals surface area (Å²) in [6.45, 7) is 2.92. The van der Waals surface area contributed by atoms with Gasteiger partial charge >= 0.3 is 0 Å². The van der Waals surface area contributed by atoms with Crippen LogP contribution in [0.5, 0.6) is 0 Å². The van der Waals surface area contributed by atoms with Gasteiger partial charge < -0.3 is 5.73 Å². The molecule has 0 fully saturated rings. The third-order valence-corrected chi connectivity index (χ3v) is 3.47. The molecule has 0 bridgehead atoms. The molecular weight excluding hydrogens is 297 g/mol. The average Bonchev–Trinajstić information content (AvgIpc) is 2.78. The van der Waals surface area contributed by atoms with Crippen LogP contribution in [0.3, 0.4) is 0 Å². The minimum absolute atomic E-state index is 0.305. The molecule has 1 unspecified atom stereocenters. The molecule has 0 saturated carbocycles. The summed E-state index contributed by atoms with van der Waals surface area (Å²) in [5.41, 5.74) is 7.38. The smallest absolute Gasteiger partial charge is 0.129 e. The lowest BCUT2D eigenvalue weighted by atomic mass is 10.0. The zero-order valence-corrected chi connectivity index (χ0v) is 11.7. The number of hydrogen-bond donors (Lipinski definition) is 1. The molecule has 0 aliphatic heterocycles. The molecule has 1 aromatic heterocycles. The minimum atomic E-state index is -0.508. The molecule has 1 atom stereocenters. The van der Waals surface area contributed by atoms with Crippen LogP contribution in [0.1, 0.15) is 30.5 Å². The summed E-state index contributed by atoms with van der Waals surface area (Å²) in [7, 11) is 0. The van der Waals surface area contributed by atoms with Crippen LogP contribution < -0.4 is 5.73 Å². The molecule has 3 nitrogen and oxygen atoms in total. The van der Waals surface area contributed by atoms with Crippen molar-refractivity contribution in [3.05, 3.63) is 52.0 Å². The molecule has 2 aromatic rings. The molecule has 1 heterocycles. The first kappa shape index (κ1) is 13.2. The molecule has 96 valence electrons. The highest BCUT2D eigenvalue weighted by Crippen LogP contribution is 2.28. The van der Waals surface area contributed by atoms with Crippen LogP contribution in [0.4, 0.5) is 4.39 Å². The third-order valence-electron chi connectivity index (χ3n) is 2.78. The maximum absolute atomic E-state index is 13.8. The highest BCUT2D eigenvalue weighted by Gasteiger charge is 2.18. The van der Waals surface area contributed by atoms with Gasteiger partial charge in [0.25, 0.3) is 0 Å². The Morgan fingerprint density at radius 2 is 2.28 bits per heavy atom. The third kappa shape index (κ3) is 2.62. The van der Waals surface area contributed by atoms with E-state index in [1.807, 2.05) is 10.9 Å². The van der Waals surface area contributed by atoms with Crippen LogP contribution in [0, 0.1) is 5.82 Å². The number of nitrogens with zero attached hydrogens (tertiary/aromatic N) is 2. The van der Waals surface area contributed by atoms with E-state index in [4.69, 9.17) is 5.73 Å². The maximum atomic E-state index is 13.8. The summed E-state index contributed by atoms with van der Waals surface area (Å²) in [5, 5.41) is 4.21. The molecule has 0 saturated heterocycles. The highest BCUT2D eigenvalue weighted by atomic mass is 79.9. The fraction of sp³-hybridized carbons (Fsp3) is 0.308. The van der Waals surface area contributed by atoms with E-state index in [1.165, 1.54) is 6.07 Å². The number of benzene rings is 1. The van der Waals surface area contributed by atoms with Crippen LogP contribution >= 0.6 is 15.9 Å². The van der Waals surface area contributed by atoms with Crippen molar-refractivity contribution >= 4 is 15.9 Å². The van der Waals surface area contributed by atoms with Crippen LogP contribution in [0.2, 0.25) is 0 Å². The average molecular weight is 312 g/mol. The Hall–Kier alpha value is -1.20. The van der Waals surface area contributed by atoms with Crippen molar-refractivity contribution in [3.8, 4) is 0 Å². The number of halogens is 2. The van der Waals surface area contributed by atoms with Crippen LogP contribution in [-0.2, 0) is 6.54 Å². The summed E-state index contributed by atoms with van der Waals surface area (Å²) < 4.78 is 16.3. The number of aromatic nitrogens is 2. The van der Waals surface area contributed by atoms with Crippen molar-refractivity contribution in [2.45, 2.75) is 25.9 Å². The van der Waals surface area contributed by atoms with Gasteiger partial charge in [-0.2, -0.15) is 5.10 Å². The van der Waals surface area contributed by atoms with Crippen LogP contribution in [0.15, 0.2) is 35.1 Å². The van der Waals surface area contributed by atoms with E-state index in [9.17, 15) is 4.39 Å². The molecule has 0 aliphatic carbocycles. The standard InChI is InChI=1S/C13H15BrFN3/c1-2-6-18-8-9(7-17-18)13(16)12-10(14)4-3-5-11(12)15/h3-5,7-8,13H,2,6,16H2,1H3. The lowest BCUT2D eigenvalue weighted by Gasteiger charge is -2.13. The van der Waals surface area contributed by atoms with Crippen molar-refractivity contribution in [2.75, 3.05) is 0 Å². The van der Waals surface area contributed by atoms with Gasteiger partial charge in [-0.15, -0.1) is 0 Å². The summed E-state index contributed by atoms with van der Waals surface area (Å²) in [6, 6.07) is 4.34. The first-order valence-electron chi connectivity index (χ1n) is 5.85. The SMILES string of the molecule is CCCn1cc(C(N)c2c(F)cccc2Br)cn1. The molecule has 0 amide bonds. The zero-order valence-electron chi connectivity index (χ0n) is 10.1. The van der Waals surface area contributed by atoms with Gasteiger partial charge in [0.2, 0.25) is 0 Å². The Bertz CT molecular complexity index is 519. The first-order valence-corrected chi connectivity index (χ1v) is 6.64. The van der Waals surface area contributed by atoms with Gasteiger partial charge in [0.05, 0.1) is 12.2 Å². The van der Waals surface area contributed by atoms with Crippen molar-refractivity contribution in [3.63, 3.8) is 0 Å². The van der Waals surface area contributed by atoms with Gasteiger partial charge in [-0.3, -0.25) is 4.68 Å². The monoisotopic (exact) mass is 311 g/mol. The lowest BCUT2D eigenvalue weighted by molar-refractivity contribution is 0.594. The largest absolute Gasteiger partial charge is 0.320 e. The van der Waals surface area contributed by atoms with Gasteiger partial charge in [0, 0.05) is 28.3 Å². The maximum Gasteiger partial charge on any atom is 0.129 e. The van der Waals surface area contributed by atoms with E-state index in [1.54, 1.807) is 18.3 Å². The molecule has 0 spiro atoms. The fourth-order valence-corrected chi connectivity index (χ4v) is 2.45. The van der Waals surface area contributed by atoms with Crippen molar-refractivity contribution in [1.82, 2.24) is 9.78 Å². The van der Waals surface area contributed by atoms with E-state index < -0.39 is 6.04 Å². The number of rotatable bonds is 4. The summed E-state index contributed by atoms with van der Waals surface area (Å²) >= 11 is 3.34. The number of nitrogens with two attached hydrogens (primary N) is 1. The summed E-state index contributed by atoms with van der Waals surface area (Å²) in [6.07, 6.45) is 4.56. The molecule has 1 aromatic carbocycles. The van der Waals surface area contributed by atoms with Crippen LogP contribution in [-0.4, -0.2) is 9.78 Å². The van der Waals surface area contributed by atoms with E-state index in [-0.39, 0.29) is 5.82 Å². The number of aryl methyl sites for hydroxylation is 1. The van der Waals surface area contributed by atoms with Crippen LogP contribution in [0.25, 0.3) is 0 Å². The van der Waals surface area contributed by atoms with Gasteiger partial charge in [-0.25, -0.2) is 4.39 Å². The second kappa shape index (κ2) is 5.63. The first-order chi connectivity index (χ1) is 8.63. The van der Waals surface area contributed by atoms with E-state index in [0.717, 1.165) is 18.5 Å². The molecule has 18 heavy (non-hydrogen) atoms. The minimum Gasteiger partial charge on any atom is -0.320 e. The zero-order chi connectivity index (χ0) is 13.1. The molecule has 5 heteroatoms. The molecule has 2 rings (SSSR count). The predicted molar refractivity (Wildman–Crippen MR) is 72.6 cm³/mol. The van der Waals surface area contributed by atoms with Gasteiger partial charge in [0.1, 0.15) is 5.82 Å². The Labute approximate surface area is 114 Å². The Kier molecular flexibility index (Phi) is 4.14. The van der Waals surface area contributed by atoms with Crippen molar-refractivity contribution < 1.29 is 4.39 Å². The van der Waals surface area contributed by atoms with Gasteiger partial charge in [0.15, 0.2) is 0 Å². The second-order valence-corrected chi connectivity index (χ2v) is 5.00. The topological polar surface area (TPSA) is 43.8 Å². The second-order valence-electron chi connectivity index (χ2n) is 4.15. The summed E-state index contributed by atoms with van der Waals surface area (Å²) in [5.74, 6) is -0.305. The number of hydrogen-bond acceptors (Lipinski definition) is 2. The molecular formula is C13H15BrFN3. The Balaban J connectivity index is 2.32. The fourth-order valence-electron chi connectivity index (χ4n) is 1.87. The predicted octanol–water partition coefficient (Wildman–Crippen LogP) is 3.24. The quantitative estimate of drug-likeness (QED) is 0.942.